The summed E-state index contributed by atoms with van der Waals surface area (Å²) < 4.78 is 31.4. The van der Waals surface area contributed by atoms with Crippen LogP contribution in [0.1, 0.15) is 36.1 Å². The number of guanidine groups is 1. The topological polar surface area (TPSA) is 91.8 Å². The number of hydrogen-bond donors (Lipinski definition) is 3. The molecule has 0 saturated heterocycles. The maximum Gasteiger partial charge on any atom is 0.215 e. The van der Waals surface area contributed by atoms with Crippen LogP contribution in [0.15, 0.2) is 47.5 Å². The van der Waals surface area contributed by atoms with Crippen molar-refractivity contribution in [2.75, 3.05) is 20.2 Å². The van der Waals surface area contributed by atoms with E-state index in [-0.39, 0.29) is 5.75 Å². The van der Waals surface area contributed by atoms with Crippen molar-refractivity contribution in [1.29, 1.82) is 0 Å². The molecular formula is C22H32N4O3S. The third kappa shape index (κ3) is 7.68. The van der Waals surface area contributed by atoms with E-state index in [4.69, 9.17) is 4.74 Å². The maximum absolute atomic E-state index is 11.7. The first kappa shape index (κ1) is 23.7. The van der Waals surface area contributed by atoms with Crippen molar-refractivity contribution in [2.24, 2.45) is 4.99 Å². The molecule has 0 radical (unpaired) electrons. The number of aryl methyl sites for hydroxylation is 1. The van der Waals surface area contributed by atoms with Gasteiger partial charge in [0.25, 0.3) is 0 Å². The van der Waals surface area contributed by atoms with Crippen LogP contribution in [-0.4, -0.2) is 34.6 Å². The number of nitrogens with one attached hydrogen (secondary N) is 3. The molecule has 8 heteroatoms. The number of hydrogen-bond acceptors (Lipinski definition) is 4. The molecule has 0 aliphatic rings. The summed E-state index contributed by atoms with van der Waals surface area (Å²) in [5.41, 5.74) is 3.98. The molecule has 0 fully saturated rings. The zero-order chi connectivity index (χ0) is 22.0. The summed E-state index contributed by atoms with van der Waals surface area (Å²) in [4.78, 5) is 4.64. The van der Waals surface area contributed by atoms with E-state index in [0.717, 1.165) is 34.5 Å². The minimum atomic E-state index is -3.27. The molecule has 2 aromatic rings. The van der Waals surface area contributed by atoms with Gasteiger partial charge in [-0.25, -0.2) is 18.1 Å². The lowest BCUT2D eigenvalue weighted by atomic mass is 10.1. The highest BCUT2D eigenvalue weighted by molar-refractivity contribution is 7.88. The van der Waals surface area contributed by atoms with Crippen LogP contribution < -0.4 is 20.1 Å². The second-order valence-corrected chi connectivity index (χ2v) is 8.80. The Hall–Kier alpha value is -2.58. The molecule has 0 spiro atoms. The van der Waals surface area contributed by atoms with Gasteiger partial charge in [-0.1, -0.05) is 36.4 Å². The van der Waals surface area contributed by atoms with Crippen LogP contribution >= 0.6 is 0 Å². The van der Waals surface area contributed by atoms with Gasteiger partial charge >= 0.3 is 0 Å². The molecule has 3 N–H and O–H groups in total. The minimum absolute atomic E-state index is 0.0318. The number of benzene rings is 2. The quantitative estimate of drug-likeness (QED) is 0.397. The molecule has 0 aromatic heterocycles. The predicted molar refractivity (Wildman–Crippen MR) is 122 cm³/mol. The molecular weight excluding hydrogens is 400 g/mol. The highest BCUT2D eigenvalue weighted by Gasteiger charge is 2.08. The molecule has 0 atom stereocenters. The first-order chi connectivity index (χ1) is 14.4. The normalized spacial score (nSPS) is 11.9. The number of sulfonamides is 1. The Kier molecular flexibility index (Phi) is 9.14. The molecule has 0 heterocycles. The van der Waals surface area contributed by atoms with E-state index in [1.54, 1.807) is 0 Å². The van der Waals surface area contributed by atoms with E-state index < -0.39 is 10.0 Å². The van der Waals surface area contributed by atoms with E-state index in [0.29, 0.717) is 25.7 Å². The van der Waals surface area contributed by atoms with Gasteiger partial charge in [0.2, 0.25) is 10.0 Å². The van der Waals surface area contributed by atoms with Crippen molar-refractivity contribution < 1.29 is 13.2 Å². The van der Waals surface area contributed by atoms with Crippen molar-refractivity contribution in [3.05, 3.63) is 64.7 Å². The maximum atomic E-state index is 11.7. The van der Waals surface area contributed by atoms with Crippen LogP contribution in [0.25, 0.3) is 0 Å². The predicted octanol–water partition coefficient (Wildman–Crippen LogP) is 2.70. The van der Waals surface area contributed by atoms with Crippen LogP contribution in [-0.2, 0) is 28.9 Å². The third-order valence-corrected chi connectivity index (χ3v) is 5.76. The average Bonchev–Trinajstić information content (AvgIpc) is 2.72. The zero-order valence-electron chi connectivity index (χ0n) is 18.2. The second kappa shape index (κ2) is 11.6. The van der Waals surface area contributed by atoms with Gasteiger partial charge in [-0.2, -0.15) is 0 Å². The highest BCUT2D eigenvalue weighted by atomic mass is 32.2. The fraction of sp³-hybridized carbons (Fsp3) is 0.409. The van der Waals surface area contributed by atoms with Gasteiger partial charge in [-0.05, 0) is 50.6 Å². The van der Waals surface area contributed by atoms with Crippen LogP contribution in [0.4, 0.5) is 0 Å². The van der Waals surface area contributed by atoms with Gasteiger partial charge in [-0.3, -0.25) is 0 Å². The Morgan fingerprint density at radius 2 is 1.73 bits per heavy atom. The Morgan fingerprint density at radius 3 is 2.37 bits per heavy atom. The summed E-state index contributed by atoms with van der Waals surface area (Å²) in [5.74, 6) is 1.56. The Balaban J connectivity index is 2.02. The van der Waals surface area contributed by atoms with E-state index in [1.165, 1.54) is 7.05 Å². The smallest absolute Gasteiger partial charge is 0.215 e. The summed E-state index contributed by atoms with van der Waals surface area (Å²) in [7, 11) is -1.85. The van der Waals surface area contributed by atoms with Crippen LogP contribution in [0.5, 0.6) is 5.75 Å². The van der Waals surface area contributed by atoms with E-state index in [2.05, 4.69) is 32.5 Å². The lowest BCUT2D eigenvalue weighted by Gasteiger charge is -2.15. The van der Waals surface area contributed by atoms with Gasteiger partial charge in [0.15, 0.2) is 5.96 Å². The monoisotopic (exact) mass is 432 g/mol. The average molecular weight is 433 g/mol. The van der Waals surface area contributed by atoms with Crippen LogP contribution in [0, 0.1) is 6.92 Å². The lowest BCUT2D eigenvalue weighted by Crippen LogP contribution is -2.36. The molecule has 0 amide bonds. The molecule has 0 saturated carbocycles. The first-order valence-corrected chi connectivity index (χ1v) is 11.8. The van der Waals surface area contributed by atoms with Crippen LogP contribution in [0.2, 0.25) is 0 Å². The van der Waals surface area contributed by atoms with Gasteiger partial charge in [0, 0.05) is 18.7 Å². The van der Waals surface area contributed by atoms with Crippen molar-refractivity contribution in [2.45, 2.75) is 39.6 Å². The molecule has 30 heavy (non-hydrogen) atoms. The van der Waals surface area contributed by atoms with Crippen LogP contribution in [0.3, 0.4) is 0 Å². The van der Waals surface area contributed by atoms with E-state index >= 15 is 0 Å². The number of nitrogens with zero attached hydrogens (tertiary/aromatic N) is 1. The van der Waals surface area contributed by atoms with E-state index in [9.17, 15) is 8.42 Å². The van der Waals surface area contributed by atoms with Gasteiger partial charge in [0.05, 0.1) is 18.9 Å². The summed E-state index contributed by atoms with van der Waals surface area (Å²) in [6, 6.07) is 13.6. The zero-order valence-corrected chi connectivity index (χ0v) is 19.0. The molecule has 164 valence electrons. The Labute approximate surface area is 180 Å². The third-order valence-electron chi connectivity index (χ3n) is 4.42. The summed E-state index contributed by atoms with van der Waals surface area (Å²) in [5, 5.41) is 6.59. The molecule has 7 nitrogen and oxygen atoms in total. The molecule has 0 aliphatic carbocycles. The first-order valence-electron chi connectivity index (χ1n) is 10.1. The molecule has 2 aromatic carbocycles. The van der Waals surface area contributed by atoms with Crippen molar-refractivity contribution in [3.63, 3.8) is 0 Å². The summed E-state index contributed by atoms with van der Waals surface area (Å²) >= 11 is 0. The van der Waals surface area contributed by atoms with Crippen molar-refractivity contribution >= 4 is 16.0 Å². The Morgan fingerprint density at radius 1 is 1.03 bits per heavy atom. The van der Waals surface area contributed by atoms with Gasteiger partial charge in [0.1, 0.15) is 5.75 Å². The molecule has 2 rings (SSSR count). The molecule has 0 unspecified atom stereocenters. The molecule has 0 bridgehead atoms. The second-order valence-electron chi connectivity index (χ2n) is 6.87. The summed E-state index contributed by atoms with van der Waals surface area (Å²) in [6.07, 6.45) is 0. The lowest BCUT2D eigenvalue weighted by molar-refractivity contribution is 0.336. The van der Waals surface area contributed by atoms with Crippen molar-refractivity contribution in [1.82, 2.24) is 15.4 Å². The number of ether oxygens (including phenoxy) is 1. The van der Waals surface area contributed by atoms with Gasteiger partial charge in [-0.15, -0.1) is 0 Å². The number of aliphatic imine (C=N–C) groups is 1. The number of rotatable bonds is 10. The van der Waals surface area contributed by atoms with Gasteiger partial charge < -0.3 is 15.4 Å². The fourth-order valence-corrected chi connectivity index (χ4v) is 3.60. The van der Waals surface area contributed by atoms with Crippen molar-refractivity contribution in [3.8, 4) is 5.75 Å². The van der Waals surface area contributed by atoms with E-state index in [1.807, 2.05) is 51.1 Å². The fourth-order valence-electron chi connectivity index (χ4n) is 2.82. The largest absolute Gasteiger partial charge is 0.494 e. The highest BCUT2D eigenvalue weighted by Crippen LogP contribution is 2.20. The standard InChI is InChI=1S/C22H32N4O3S/c1-5-24-22(26-15-20-12-7-17(3)13-21(20)29-6-2)25-14-18-8-10-19(11-9-18)16-30(27,28)23-4/h7-13,23H,5-6,14-16H2,1-4H3,(H2,24,25,26). The molecule has 0 aliphatic heterocycles. The SMILES string of the molecule is CCNC(=NCc1ccc(CS(=O)(=O)NC)cc1)NCc1ccc(C)cc1OCC. The Bertz CT molecular complexity index is 941. The minimum Gasteiger partial charge on any atom is -0.494 e. The summed E-state index contributed by atoms with van der Waals surface area (Å²) in [6.45, 7) is 8.50.